The molecule has 0 N–H and O–H groups in total. The molecule has 0 atom stereocenters. The lowest BCUT2D eigenvalue weighted by Crippen LogP contribution is -2.26. The molecule has 3 aromatic heterocycles. The van der Waals surface area contributed by atoms with Crippen LogP contribution in [0.5, 0.6) is 0 Å². The molecule has 0 saturated heterocycles. The maximum Gasteiger partial charge on any atom is 0.273 e. The fourth-order valence-electron chi connectivity index (χ4n) is 2.73. The molecule has 0 radical (unpaired) electrons. The van der Waals surface area contributed by atoms with Crippen LogP contribution in [0.15, 0.2) is 60.2 Å². The molecule has 1 aromatic carbocycles. The summed E-state index contributed by atoms with van der Waals surface area (Å²) in [7, 11) is 1.81. The number of nitrogens with zero attached hydrogens (tertiary/aromatic N) is 4. The largest absolute Gasteiger partial charge is 0.335 e. The van der Waals surface area contributed by atoms with E-state index in [9.17, 15) is 4.79 Å². The van der Waals surface area contributed by atoms with E-state index in [2.05, 4.69) is 29.1 Å². The van der Waals surface area contributed by atoms with Crippen LogP contribution in [0.1, 0.15) is 20.2 Å². The zero-order valence-corrected chi connectivity index (χ0v) is 16.6. The molecule has 0 aliphatic heterocycles. The van der Waals surface area contributed by atoms with Gasteiger partial charge in [0.15, 0.2) is 0 Å². The van der Waals surface area contributed by atoms with Crippen LogP contribution in [0.2, 0.25) is 0 Å². The van der Waals surface area contributed by atoms with E-state index in [1.165, 1.54) is 21.1 Å². The zero-order chi connectivity index (χ0) is 18.8. The van der Waals surface area contributed by atoms with E-state index in [0.717, 1.165) is 16.3 Å². The quantitative estimate of drug-likeness (QED) is 0.496. The summed E-state index contributed by atoms with van der Waals surface area (Å²) in [6.45, 7) is 2.66. The van der Waals surface area contributed by atoms with Crippen LogP contribution in [-0.4, -0.2) is 32.6 Å². The molecule has 4 aromatic rings. The first kappa shape index (κ1) is 17.6. The highest BCUT2D eigenvalue weighted by atomic mass is 32.1. The third-order valence-corrected chi connectivity index (χ3v) is 5.99. The van der Waals surface area contributed by atoms with Gasteiger partial charge in [0.05, 0.1) is 18.4 Å². The predicted octanol–water partition coefficient (Wildman–Crippen LogP) is 4.64. The Labute approximate surface area is 165 Å². The minimum Gasteiger partial charge on any atom is -0.335 e. The van der Waals surface area contributed by atoms with E-state index >= 15 is 0 Å². The summed E-state index contributed by atoms with van der Waals surface area (Å²) in [6, 6.07) is 14.0. The molecule has 7 heteroatoms. The number of hydrogen-bond acceptors (Lipinski definition) is 5. The summed E-state index contributed by atoms with van der Waals surface area (Å²) < 4.78 is 1.81. The Kier molecular flexibility index (Phi) is 4.87. The van der Waals surface area contributed by atoms with Gasteiger partial charge in [0.2, 0.25) is 0 Å². The minimum absolute atomic E-state index is 0.0704. The van der Waals surface area contributed by atoms with Crippen molar-refractivity contribution in [2.45, 2.75) is 13.5 Å². The summed E-state index contributed by atoms with van der Waals surface area (Å²) in [5.74, 6) is -0.0704. The molecule has 4 rings (SSSR count). The van der Waals surface area contributed by atoms with Crippen molar-refractivity contribution in [3.63, 3.8) is 0 Å². The van der Waals surface area contributed by atoms with Gasteiger partial charge >= 0.3 is 0 Å². The van der Waals surface area contributed by atoms with Gasteiger partial charge in [-0.15, -0.1) is 22.7 Å². The van der Waals surface area contributed by atoms with Crippen molar-refractivity contribution in [3.8, 4) is 16.3 Å². The smallest absolute Gasteiger partial charge is 0.273 e. The topological polar surface area (TPSA) is 51.0 Å². The van der Waals surface area contributed by atoms with Crippen molar-refractivity contribution < 1.29 is 4.79 Å². The van der Waals surface area contributed by atoms with Crippen molar-refractivity contribution in [3.05, 3.63) is 75.7 Å². The standard InChI is InChI=1S/C20H18N4OS2/c1-14-8-9-17(27-14)12-23(2)20(25)18-13-26-19(22-18)15-10-21-24(11-15)16-6-4-3-5-7-16/h3-11,13H,12H2,1-2H3. The second-order valence-electron chi connectivity index (χ2n) is 6.22. The first-order valence-electron chi connectivity index (χ1n) is 8.47. The van der Waals surface area contributed by atoms with E-state index in [1.54, 1.807) is 22.4 Å². The van der Waals surface area contributed by atoms with Gasteiger partial charge in [-0.25, -0.2) is 9.67 Å². The number of thiophene rings is 1. The average molecular weight is 395 g/mol. The monoisotopic (exact) mass is 394 g/mol. The molecule has 0 aliphatic rings. The Hall–Kier alpha value is -2.77. The SMILES string of the molecule is Cc1ccc(CN(C)C(=O)c2csc(-c3cnn(-c4ccccc4)c3)n2)s1. The van der Waals surface area contributed by atoms with Gasteiger partial charge in [-0.1, -0.05) is 18.2 Å². The molecule has 27 heavy (non-hydrogen) atoms. The highest BCUT2D eigenvalue weighted by Crippen LogP contribution is 2.25. The number of thiazole rings is 1. The molecule has 3 heterocycles. The van der Waals surface area contributed by atoms with E-state index in [4.69, 9.17) is 0 Å². The second-order valence-corrected chi connectivity index (χ2v) is 8.45. The summed E-state index contributed by atoms with van der Waals surface area (Å²) in [5.41, 5.74) is 2.36. The molecular formula is C20H18N4OS2. The number of amides is 1. The fourth-order valence-corrected chi connectivity index (χ4v) is 4.44. The van der Waals surface area contributed by atoms with Crippen LogP contribution >= 0.6 is 22.7 Å². The van der Waals surface area contributed by atoms with Crippen molar-refractivity contribution in [1.82, 2.24) is 19.7 Å². The van der Waals surface area contributed by atoms with Gasteiger partial charge in [0, 0.05) is 33.9 Å². The number of carbonyl (C=O) groups is 1. The van der Waals surface area contributed by atoms with Gasteiger partial charge in [0.25, 0.3) is 5.91 Å². The predicted molar refractivity (Wildman–Crippen MR) is 110 cm³/mol. The third kappa shape index (κ3) is 3.84. The summed E-state index contributed by atoms with van der Waals surface area (Å²) in [4.78, 5) is 21.3. The highest BCUT2D eigenvalue weighted by Gasteiger charge is 2.17. The van der Waals surface area contributed by atoms with Crippen LogP contribution in [0.25, 0.3) is 16.3 Å². The number of rotatable bonds is 5. The molecule has 0 fully saturated rings. The Morgan fingerprint density at radius 1 is 1.19 bits per heavy atom. The van der Waals surface area contributed by atoms with Gasteiger partial charge in [-0.05, 0) is 31.2 Å². The maximum absolute atomic E-state index is 12.7. The molecule has 0 spiro atoms. The third-order valence-electron chi connectivity index (χ3n) is 4.11. The second kappa shape index (κ2) is 7.46. The molecule has 136 valence electrons. The van der Waals surface area contributed by atoms with Gasteiger partial charge in [-0.2, -0.15) is 5.10 Å². The van der Waals surface area contributed by atoms with Crippen LogP contribution in [-0.2, 0) is 6.54 Å². The van der Waals surface area contributed by atoms with Crippen LogP contribution in [0, 0.1) is 6.92 Å². The Balaban J connectivity index is 1.50. The lowest BCUT2D eigenvalue weighted by Gasteiger charge is -2.14. The van der Waals surface area contributed by atoms with Crippen molar-refractivity contribution in [2.24, 2.45) is 0 Å². The average Bonchev–Trinajstić information content (AvgIpc) is 3.42. The molecule has 0 saturated carbocycles. The Morgan fingerprint density at radius 2 is 2.00 bits per heavy atom. The first-order valence-corrected chi connectivity index (χ1v) is 10.2. The number of benzene rings is 1. The van der Waals surface area contributed by atoms with E-state index in [1.807, 2.05) is 53.6 Å². The fraction of sp³-hybridized carbons (Fsp3) is 0.150. The summed E-state index contributed by atoms with van der Waals surface area (Å²) >= 11 is 3.17. The van der Waals surface area contributed by atoms with Gasteiger partial charge < -0.3 is 4.90 Å². The number of para-hydroxylation sites is 1. The molecule has 1 amide bonds. The molecule has 0 bridgehead atoms. The molecule has 0 unspecified atom stereocenters. The number of aryl methyl sites for hydroxylation is 1. The molecule has 5 nitrogen and oxygen atoms in total. The van der Waals surface area contributed by atoms with Crippen LogP contribution in [0.4, 0.5) is 0 Å². The summed E-state index contributed by atoms with van der Waals surface area (Å²) in [5, 5.41) is 7.01. The minimum atomic E-state index is -0.0704. The number of hydrogen-bond donors (Lipinski definition) is 0. The normalized spacial score (nSPS) is 10.9. The van der Waals surface area contributed by atoms with E-state index in [-0.39, 0.29) is 5.91 Å². The van der Waals surface area contributed by atoms with Gasteiger partial charge in [-0.3, -0.25) is 4.79 Å². The molecule has 0 aliphatic carbocycles. The highest BCUT2D eigenvalue weighted by molar-refractivity contribution is 7.13. The van der Waals surface area contributed by atoms with Crippen LogP contribution in [0.3, 0.4) is 0 Å². The van der Waals surface area contributed by atoms with Crippen molar-refractivity contribution in [1.29, 1.82) is 0 Å². The van der Waals surface area contributed by atoms with Crippen molar-refractivity contribution in [2.75, 3.05) is 7.05 Å². The lowest BCUT2D eigenvalue weighted by molar-refractivity contribution is 0.0781. The van der Waals surface area contributed by atoms with E-state index < -0.39 is 0 Å². The van der Waals surface area contributed by atoms with Crippen molar-refractivity contribution >= 4 is 28.6 Å². The summed E-state index contributed by atoms with van der Waals surface area (Å²) in [6.07, 6.45) is 3.71. The van der Waals surface area contributed by atoms with Crippen LogP contribution < -0.4 is 0 Å². The Morgan fingerprint density at radius 3 is 2.74 bits per heavy atom. The first-order chi connectivity index (χ1) is 13.1. The van der Waals surface area contributed by atoms with E-state index in [0.29, 0.717) is 12.2 Å². The lowest BCUT2D eigenvalue weighted by atomic mass is 10.3. The number of aromatic nitrogens is 3. The number of carbonyl (C=O) groups excluding carboxylic acids is 1. The maximum atomic E-state index is 12.7. The Bertz CT molecular complexity index is 1060. The molecular weight excluding hydrogens is 376 g/mol. The zero-order valence-electron chi connectivity index (χ0n) is 15.0. The van der Waals surface area contributed by atoms with Gasteiger partial charge in [0.1, 0.15) is 10.7 Å².